The van der Waals surface area contributed by atoms with Crippen LogP contribution >= 0.6 is 0 Å². The minimum absolute atomic E-state index is 0.00237. The fourth-order valence-corrected chi connectivity index (χ4v) is 4.31. The molecule has 0 spiro atoms. The number of fused-ring (bicyclic) bond motifs is 1. The Morgan fingerprint density at radius 1 is 1.00 bits per heavy atom. The number of nitrogens with one attached hydrogen (secondary N) is 1. The van der Waals surface area contributed by atoms with E-state index in [0.717, 1.165) is 54.3 Å². The van der Waals surface area contributed by atoms with Crippen LogP contribution in [0.2, 0.25) is 0 Å². The Balaban J connectivity index is 1.57. The molecule has 0 amide bonds. The maximum Gasteiger partial charge on any atom is 0.453 e. The highest BCUT2D eigenvalue weighted by Gasteiger charge is 2.26. The van der Waals surface area contributed by atoms with Crippen LogP contribution in [-0.2, 0) is 0 Å². The van der Waals surface area contributed by atoms with Gasteiger partial charge in [-0.1, -0.05) is 18.2 Å². The summed E-state index contributed by atoms with van der Waals surface area (Å²) < 4.78 is 5.03. The lowest BCUT2D eigenvalue weighted by Gasteiger charge is -2.33. The molecule has 182 valence electrons. The molecule has 10 nitrogen and oxygen atoms in total. The lowest BCUT2D eigenvalue weighted by molar-refractivity contribution is -0.419. The largest absolute Gasteiger partial charge is 0.453 e. The van der Waals surface area contributed by atoms with E-state index in [4.69, 9.17) is 9.72 Å². The zero-order chi connectivity index (χ0) is 24.7. The topological polar surface area (TPSA) is 131 Å². The van der Waals surface area contributed by atoms with Gasteiger partial charge in [0.05, 0.1) is 5.52 Å². The van der Waals surface area contributed by atoms with Gasteiger partial charge in [0, 0.05) is 49.6 Å². The number of aryl methyl sites for hydroxylation is 1. The molecule has 1 saturated heterocycles. The number of likely N-dealkylation sites (N-methyl/N-ethyl adjacent to an activating group) is 1. The van der Waals surface area contributed by atoms with E-state index >= 15 is 0 Å². The van der Waals surface area contributed by atoms with Crippen LogP contribution in [0.15, 0.2) is 42.6 Å². The summed E-state index contributed by atoms with van der Waals surface area (Å²) in [6.45, 7) is 7.78. The molecule has 4 heterocycles. The van der Waals surface area contributed by atoms with Crippen molar-refractivity contribution in [2.45, 2.75) is 20.0 Å². The third kappa shape index (κ3) is 4.69. The Labute approximate surface area is 202 Å². The van der Waals surface area contributed by atoms with Gasteiger partial charge in [0.25, 0.3) is 0 Å². The van der Waals surface area contributed by atoms with E-state index in [0.29, 0.717) is 22.4 Å². The number of aromatic nitrogens is 4. The number of ether oxygens (including phenoxy) is 1. The van der Waals surface area contributed by atoms with Gasteiger partial charge in [-0.2, -0.15) is 5.10 Å². The van der Waals surface area contributed by atoms with E-state index in [1.54, 1.807) is 12.3 Å². The molecule has 10 heteroatoms. The molecule has 0 saturated carbocycles. The molecule has 35 heavy (non-hydrogen) atoms. The molecule has 5 rings (SSSR count). The zero-order valence-electron chi connectivity index (χ0n) is 19.9. The van der Waals surface area contributed by atoms with Gasteiger partial charge in [-0.25, -0.2) is 9.97 Å². The van der Waals surface area contributed by atoms with Crippen molar-refractivity contribution >= 4 is 16.9 Å². The van der Waals surface area contributed by atoms with E-state index in [1.165, 1.54) is 0 Å². The molecule has 0 aliphatic carbocycles. The first-order chi connectivity index (χ1) is 16.7. The molecule has 0 atom stereocenters. The second kappa shape index (κ2) is 8.90. The smallest absolute Gasteiger partial charge is 0.414 e. The number of aromatic amines is 1. The SMILES string of the molecule is Cc1cccc(-c2nc3c(-c4ccc(N5CCN(C)CC5)nc4)n[nH]c3cc2OC(O)(O)O)c1C. The zero-order valence-corrected chi connectivity index (χ0v) is 19.9. The number of H-pyrrole nitrogens is 1. The molecule has 0 unspecified atom stereocenters. The Hall–Kier alpha value is -3.57. The summed E-state index contributed by atoms with van der Waals surface area (Å²) in [6.07, 6.45) is -1.57. The van der Waals surface area contributed by atoms with Crippen molar-refractivity contribution in [1.29, 1.82) is 0 Å². The summed E-state index contributed by atoms with van der Waals surface area (Å²) in [4.78, 5) is 14.0. The van der Waals surface area contributed by atoms with Gasteiger partial charge in [0.1, 0.15) is 22.7 Å². The number of aliphatic hydroxyl groups is 3. The number of rotatable bonds is 5. The van der Waals surface area contributed by atoms with Crippen LogP contribution in [0.3, 0.4) is 0 Å². The molecule has 3 aromatic heterocycles. The molecule has 0 bridgehead atoms. The van der Waals surface area contributed by atoms with Crippen molar-refractivity contribution < 1.29 is 20.1 Å². The number of benzene rings is 1. The maximum absolute atomic E-state index is 9.49. The first-order valence-electron chi connectivity index (χ1n) is 11.4. The third-order valence-electron chi connectivity index (χ3n) is 6.46. The van der Waals surface area contributed by atoms with Crippen LogP contribution in [0.5, 0.6) is 5.75 Å². The second-order valence-corrected chi connectivity index (χ2v) is 8.92. The lowest BCUT2D eigenvalue weighted by Crippen LogP contribution is -2.44. The number of hydrogen-bond donors (Lipinski definition) is 4. The normalized spacial score (nSPS) is 15.1. The lowest BCUT2D eigenvalue weighted by atomic mass is 9.99. The average molecular weight is 477 g/mol. The van der Waals surface area contributed by atoms with Crippen molar-refractivity contribution in [1.82, 2.24) is 25.1 Å². The molecule has 4 aromatic rings. The van der Waals surface area contributed by atoms with Crippen molar-refractivity contribution in [2.24, 2.45) is 0 Å². The molecular weight excluding hydrogens is 448 g/mol. The predicted octanol–water partition coefficient (Wildman–Crippen LogP) is 2.02. The van der Waals surface area contributed by atoms with Crippen molar-refractivity contribution in [2.75, 3.05) is 38.1 Å². The van der Waals surface area contributed by atoms with Crippen LogP contribution in [0.25, 0.3) is 33.5 Å². The number of nitrogens with zero attached hydrogens (tertiary/aromatic N) is 5. The number of anilines is 1. The first kappa shape index (κ1) is 23.2. The van der Waals surface area contributed by atoms with Gasteiger partial charge in [0.15, 0.2) is 5.75 Å². The summed E-state index contributed by atoms with van der Waals surface area (Å²) >= 11 is 0. The van der Waals surface area contributed by atoms with E-state index in [1.807, 2.05) is 44.2 Å². The molecule has 0 radical (unpaired) electrons. The van der Waals surface area contributed by atoms with Crippen LogP contribution in [-0.4, -0.2) is 79.8 Å². The van der Waals surface area contributed by atoms with Gasteiger partial charge in [-0.15, -0.1) is 0 Å². The highest BCUT2D eigenvalue weighted by molar-refractivity contribution is 5.93. The Kier molecular flexibility index (Phi) is 5.89. The highest BCUT2D eigenvalue weighted by atomic mass is 16.9. The van der Waals surface area contributed by atoms with E-state index in [9.17, 15) is 15.3 Å². The van der Waals surface area contributed by atoms with E-state index < -0.39 is 6.16 Å². The molecule has 1 fully saturated rings. The highest BCUT2D eigenvalue weighted by Crippen LogP contribution is 2.37. The van der Waals surface area contributed by atoms with Crippen LogP contribution < -0.4 is 9.64 Å². The number of hydrogen-bond acceptors (Lipinski definition) is 9. The fourth-order valence-electron chi connectivity index (χ4n) is 4.31. The summed E-state index contributed by atoms with van der Waals surface area (Å²) in [5.41, 5.74) is 5.56. The summed E-state index contributed by atoms with van der Waals surface area (Å²) in [5, 5.41) is 35.8. The monoisotopic (exact) mass is 476 g/mol. The van der Waals surface area contributed by atoms with Crippen molar-refractivity contribution in [3.05, 3.63) is 53.7 Å². The first-order valence-corrected chi connectivity index (χ1v) is 11.4. The standard InChI is InChI=1S/C25H28N6O4/c1-15-5-4-6-18(16(15)2)23-20(35-25(32,33)34)13-19-24(27-23)22(29-28-19)17-7-8-21(26-14-17)31-11-9-30(3)10-12-31/h4-8,13-14,32-34H,9-12H2,1-3H3,(H,28,29). The Morgan fingerprint density at radius 3 is 2.46 bits per heavy atom. The van der Waals surface area contributed by atoms with E-state index in [2.05, 4.69) is 32.0 Å². The maximum atomic E-state index is 9.49. The molecular formula is C25H28N6O4. The van der Waals surface area contributed by atoms with Crippen molar-refractivity contribution in [3.63, 3.8) is 0 Å². The Morgan fingerprint density at radius 2 is 1.77 bits per heavy atom. The minimum Gasteiger partial charge on any atom is -0.414 e. The van der Waals surface area contributed by atoms with Gasteiger partial charge in [-0.3, -0.25) is 5.10 Å². The molecule has 1 aromatic carbocycles. The quantitative estimate of drug-likeness (QED) is 0.320. The molecule has 1 aliphatic heterocycles. The van der Waals surface area contributed by atoms with Gasteiger partial charge in [-0.05, 0) is 44.2 Å². The van der Waals surface area contributed by atoms with Crippen LogP contribution in [0.1, 0.15) is 11.1 Å². The molecule has 4 N–H and O–H groups in total. The third-order valence-corrected chi connectivity index (χ3v) is 6.46. The average Bonchev–Trinajstić information content (AvgIpc) is 3.23. The van der Waals surface area contributed by atoms with Gasteiger partial charge >= 0.3 is 6.16 Å². The van der Waals surface area contributed by atoms with Gasteiger partial charge < -0.3 is 29.9 Å². The Bertz CT molecular complexity index is 1360. The predicted molar refractivity (Wildman–Crippen MR) is 132 cm³/mol. The van der Waals surface area contributed by atoms with Crippen LogP contribution in [0, 0.1) is 13.8 Å². The summed E-state index contributed by atoms with van der Waals surface area (Å²) in [5.74, 6) is 0.920. The van der Waals surface area contributed by atoms with Crippen molar-refractivity contribution in [3.8, 4) is 28.3 Å². The fraction of sp³-hybridized carbons (Fsp3) is 0.320. The number of piperazine rings is 1. The van der Waals surface area contributed by atoms with E-state index in [-0.39, 0.29) is 5.75 Å². The summed E-state index contributed by atoms with van der Waals surface area (Å²) in [6, 6.07) is 11.2. The van der Waals surface area contributed by atoms with Crippen LogP contribution in [0.4, 0.5) is 5.82 Å². The summed E-state index contributed by atoms with van der Waals surface area (Å²) in [7, 11) is 2.12. The molecule has 1 aliphatic rings. The number of pyridine rings is 2. The van der Waals surface area contributed by atoms with Gasteiger partial charge in [0.2, 0.25) is 0 Å². The second-order valence-electron chi connectivity index (χ2n) is 8.92. The minimum atomic E-state index is -3.35.